The van der Waals surface area contributed by atoms with Gasteiger partial charge in [0, 0.05) is 12.5 Å². The Labute approximate surface area is 140 Å². The molecule has 0 aromatic heterocycles. The minimum atomic E-state index is -3.61. The number of esters is 2. The average Bonchev–Trinajstić information content (AvgIpc) is 2.97. The highest BCUT2D eigenvalue weighted by Gasteiger charge is 2.43. The van der Waals surface area contributed by atoms with E-state index in [0.717, 1.165) is 16.1 Å². The zero-order valence-corrected chi connectivity index (χ0v) is 14.2. The lowest BCUT2D eigenvalue weighted by atomic mass is 10.2. The summed E-state index contributed by atoms with van der Waals surface area (Å²) in [6.45, 7) is -0.0660. The Bertz CT molecular complexity index is 728. The number of hydrogen-bond donors (Lipinski definition) is 0. The van der Waals surface area contributed by atoms with Gasteiger partial charge in [-0.05, 0) is 11.6 Å². The molecule has 1 aromatic rings. The minimum absolute atomic E-state index is 0.0660. The van der Waals surface area contributed by atoms with Crippen LogP contribution >= 0.6 is 0 Å². The van der Waals surface area contributed by atoms with Crippen molar-refractivity contribution in [3.8, 4) is 0 Å². The number of carbonyl (C=O) groups excluding carboxylic acids is 2. The maximum Gasteiger partial charge on any atom is 0.331 e. The van der Waals surface area contributed by atoms with Crippen LogP contribution in [0.25, 0.3) is 6.08 Å². The predicted octanol–water partition coefficient (Wildman–Crippen LogP) is 0.819. The maximum absolute atomic E-state index is 11.9. The lowest BCUT2D eigenvalue weighted by molar-refractivity contribution is -0.146. The third kappa shape index (κ3) is 4.65. The van der Waals surface area contributed by atoms with Crippen molar-refractivity contribution in [1.29, 1.82) is 0 Å². The molecule has 0 bridgehead atoms. The van der Waals surface area contributed by atoms with E-state index in [1.54, 1.807) is 6.08 Å². The molecule has 0 unspecified atom stereocenters. The Morgan fingerprint density at radius 1 is 1.25 bits per heavy atom. The molecular weight excluding hydrogens is 334 g/mol. The van der Waals surface area contributed by atoms with Gasteiger partial charge < -0.3 is 9.47 Å². The van der Waals surface area contributed by atoms with Crippen molar-refractivity contribution < 1.29 is 27.5 Å². The van der Waals surface area contributed by atoms with Crippen LogP contribution in [0.4, 0.5) is 0 Å². The van der Waals surface area contributed by atoms with E-state index in [4.69, 9.17) is 4.74 Å². The minimum Gasteiger partial charge on any atom is -0.468 e. The fourth-order valence-corrected chi connectivity index (χ4v) is 3.57. The van der Waals surface area contributed by atoms with Crippen molar-refractivity contribution in [2.24, 2.45) is 0 Å². The van der Waals surface area contributed by atoms with E-state index in [-0.39, 0.29) is 13.0 Å². The smallest absolute Gasteiger partial charge is 0.331 e. The predicted molar refractivity (Wildman–Crippen MR) is 87.3 cm³/mol. The summed E-state index contributed by atoms with van der Waals surface area (Å²) in [5.74, 6) is -1.26. The Balaban J connectivity index is 2.01. The molecule has 1 fully saturated rings. The first-order valence-corrected chi connectivity index (χ1v) is 9.14. The van der Waals surface area contributed by atoms with E-state index >= 15 is 0 Å². The molecule has 0 N–H and O–H groups in total. The molecule has 1 aliphatic rings. The lowest BCUT2D eigenvalue weighted by Gasteiger charge is -2.18. The summed E-state index contributed by atoms with van der Waals surface area (Å²) in [5, 5.41) is 0. The molecule has 0 aliphatic carbocycles. The Morgan fingerprint density at radius 3 is 2.50 bits per heavy atom. The van der Waals surface area contributed by atoms with Gasteiger partial charge in [-0.15, -0.1) is 0 Å². The number of carbonyl (C=O) groups is 2. The number of ether oxygens (including phenoxy) is 2. The van der Waals surface area contributed by atoms with Crippen molar-refractivity contribution in [2.75, 3.05) is 19.9 Å². The zero-order valence-electron chi connectivity index (χ0n) is 13.4. The average molecular weight is 353 g/mol. The summed E-state index contributed by atoms with van der Waals surface area (Å²) in [6.07, 6.45) is 3.25. The van der Waals surface area contributed by atoms with Crippen LogP contribution in [0, 0.1) is 0 Å². The largest absolute Gasteiger partial charge is 0.468 e. The molecule has 8 heteroatoms. The Morgan fingerprint density at radius 2 is 1.92 bits per heavy atom. The second-order valence-electron chi connectivity index (χ2n) is 5.41. The molecule has 130 valence electrons. The molecule has 1 aliphatic heterocycles. The van der Waals surface area contributed by atoms with Crippen LogP contribution < -0.4 is 0 Å². The zero-order chi connectivity index (χ0) is 17.7. The van der Waals surface area contributed by atoms with E-state index in [1.165, 1.54) is 13.2 Å². The normalized spacial score (nSPS) is 21.8. The van der Waals surface area contributed by atoms with Gasteiger partial charge in [0.25, 0.3) is 0 Å². The third-order valence-electron chi connectivity index (χ3n) is 3.61. The van der Waals surface area contributed by atoms with Gasteiger partial charge in [-0.25, -0.2) is 13.2 Å². The fraction of sp³-hybridized carbons (Fsp3) is 0.375. The van der Waals surface area contributed by atoms with Gasteiger partial charge in [0.05, 0.1) is 19.9 Å². The van der Waals surface area contributed by atoms with Gasteiger partial charge in [0.15, 0.2) is 0 Å². The summed E-state index contributed by atoms with van der Waals surface area (Å²) in [4.78, 5) is 23.6. The molecule has 2 atom stereocenters. The first kappa shape index (κ1) is 18.2. The summed E-state index contributed by atoms with van der Waals surface area (Å²) in [6, 6.07) is 8.23. The van der Waals surface area contributed by atoms with Crippen LogP contribution in [0.1, 0.15) is 12.0 Å². The summed E-state index contributed by atoms with van der Waals surface area (Å²) in [7, 11) is -2.42. The third-order valence-corrected chi connectivity index (χ3v) is 4.87. The van der Waals surface area contributed by atoms with Crippen LogP contribution in [0.5, 0.6) is 0 Å². The molecule has 24 heavy (non-hydrogen) atoms. The van der Waals surface area contributed by atoms with E-state index in [2.05, 4.69) is 4.74 Å². The van der Waals surface area contributed by atoms with E-state index in [1.807, 2.05) is 30.3 Å². The van der Waals surface area contributed by atoms with E-state index in [0.29, 0.717) is 0 Å². The van der Waals surface area contributed by atoms with Crippen LogP contribution in [0.15, 0.2) is 36.4 Å². The molecular formula is C16H19NO6S. The lowest BCUT2D eigenvalue weighted by Crippen LogP contribution is -2.40. The quantitative estimate of drug-likeness (QED) is 0.575. The molecule has 0 radical (unpaired) electrons. The van der Waals surface area contributed by atoms with Crippen molar-refractivity contribution >= 4 is 28.0 Å². The molecule has 0 amide bonds. The van der Waals surface area contributed by atoms with Crippen molar-refractivity contribution in [3.63, 3.8) is 0 Å². The molecule has 7 nitrogen and oxygen atoms in total. The number of nitrogens with zero attached hydrogens (tertiary/aromatic N) is 1. The molecule has 1 heterocycles. The van der Waals surface area contributed by atoms with Crippen LogP contribution in [0.2, 0.25) is 0 Å². The number of benzene rings is 1. The highest BCUT2D eigenvalue weighted by molar-refractivity contribution is 7.88. The van der Waals surface area contributed by atoms with Crippen molar-refractivity contribution in [1.82, 2.24) is 4.31 Å². The van der Waals surface area contributed by atoms with E-state index < -0.39 is 34.1 Å². The number of sulfonamides is 1. The van der Waals surface area contributed by atoms with Gasteiger partial charge in [0.1, 0.15) is 12.1 Å². The topological polar surface area (TPSA) is 90.0 Å². The summed E-state index contributed by atoms with van der Waals surface area (Å²) < 4.78 is 34.4. The van der Waals surface area contributed by atoms with Crippen molar-refractivity contribution in [3.05, 3.63) is 42.0 Å². The van der Waals surface area contributed by atoms with E-state index in [9.17, 15) is 18.0 Å². The Hall–Kier alpha value is -2.19. The number of rotatable bonds is 5. The maximum atomic E-state index is 11.9. The van der Waals surface area contributed by atoms with Gasteiger partial charge in [-0.2, -0.15) is 4.31 Å². The summed E-state index contributed by atoms with van der Waals surface area (Å²) in [5.41, 5.74) is 0.839. The number of hydrogen-bond acceptors (Lipinski definition) is 6. The molecule has 0 spiro atoms. The molecule has 2 rings (SSSR count). The van der Waals surface area contributed by atoms with Gasteiger partial charge >= 0.3 is 11.9 Å². The SMILES string of the molecule is COC(=O)[C@@H]1C[C@@H](OC(=O)/C=C/c2ccccc2)CN1S(C)(=O)=O. The monoisotopic (exact) mass is 353 g/mol. The van der Waals surface area contributed by atoms with Crippen molar-refractivity contribution in [2.45, 2.75) is 18.6 Å². The molecule has 1 aromatic carbocycles. The molecule has 0 saturated carbocycles. The first-order chi connectivity index (χ1) is 11.3. The highest BCUT2D eigenvalue weighted by atomic mass is 32.2. The molecule has 1 saturated heterocycles. The van der Waals surface area contributed by atoms with Crippen LogP contribution in [-0.4, -0.2) is 56.7 Å². The second kappa shape index (κ2) is 7.59. The standard InChI is InChI=1S/C16H19NO6S/c1-22-16(19)14-10-13(11-17(14)24(2,20)21)23-15(18)9-8-12-6-4-3-5-7-12/h3-9,13-14H,10-11H2,1-2H3/b9-8+/t13-,14+/m1/s1. The van der Waals surface area contributed by atoms with Crippen LogP contribution in [0.3, 0.4) is 0 Å². The van der Waals surface area contributed by atoms with Gasteiger partial charge in [-0.3, -0.25) is 4.79 Å². The Kier molecular flexibility index (Phi) is 5.74. The number of methoxy groups -OCH3 is 1. The first-order valence-electron chi connectivity index (χ1n) is 7.29. The fourth-order valence-electron chi connectivity index (χ4n) is 2.50. The second-order valence-corrected chi connectivity index (χ2v) is 7.35. The van der Waals surface area contributed by atoms with Gasteiger partial charge in [0.2, 0.25) is 10.0 Å². The highest BCUT2D eigenvalue weighted by Crippen LogP contribution is 2.24. The summed E-state index contributed by atoms with van der Waals surface area (Å²) >= 11 is 0. The van der Waals surface area contributed by atoms with Gasteiger partial charge in [-0.1, -0.05) is 30.3 Å². The van der Waals surface area contributed by atoms with Crippen LogP contribution in [-0.2, 0) is 29.1 Å².